The van der Waals surface area contributed by atoms with Gasteiger partial charge in [-0.25, -0.2) is 4.57 Å². The van der Waals surface area contributed by atoms with Gasteiger partial charge in [0.1, 0.15) is 5.75 Å². The Morgan fingerprint density at radius 1 is 0.919 bits per heavy atom. The number of hydrogen-bond acceptors (Lipinski definition) is 5. The zero-order valence-electron chi connectivity index (χ0n) is 20.4. The fourth-order valence-corrected chi connectivity index (χ4v) is 5.96. The summed E-state index contributed by atoms with van der Waals surface area (Å²) >= 11 is 0. The standard InChI is InChI=1S/C28H22NO6P.Na/c1-17-20-11-6-5-10-19(20)14-29-15-22-25(26(17)29)27(30)21-12-7-13-23(24(21)28(22)31)35-36(32,33)34-16-18-8-3-2-4-9-18;/h2-13,15,17H,14,16H2,1H3,(H,32,33);/q;+1. The van der Waals surface area contributed by atoms with Gasteiger partial charge in [0.05, 0.1) is 23.3 Å². The molecule has 4 aromatic rings. The van der Waals surface area contributed by atoms with Gasteiger partial charge >= 0.3 is 37.4 Å². The summed E-state index contributed by atoms with van der Waals surface area (Å²) < 4.78 is 25.2. The first-order valence-corrected chi connectivity index (χ1v) is 13.1. The Hall–Kier alpha value is -2.77. The number of carbonyl (C=O) groups is 2. The van der Waals surface area contributed by atoms with Crippen molar-refractivity contribution < 1.29 is 57.7 Å². The molecule has 1 aliphatic heterocycles. The molecule has 180 valence electrons. The van der Waals surface area contributed by atoms with Crippen LogP contribution in [0.25, 0.3) is 0 Å². The van der Waals surface area contributed by atoms with Crippen molar-refractivity contribution in [2.45, 2.75) is 26.0 Å². The van der Waals surface area contributed by atoms with Gasteiger partial charge in [-0.2, -0.15) is 0 Å². The van der Waals surface area contributed by atoms with E-state index < -0.39 is 13.6 Å². The van der Waals surface area contributed by atoms with Gasteiger partial charge in [0, 0.05) is 29.9 Å². The number of phosphoric acid groups is 1. The predicted octanol–water partition coefficient (Wildman–Crippen LogP) is 2.48. The number of rotatable bonds is 5. The summed E-state index contributed by atoms with van der Waals surface area (Å²) in [5.74, 6) is -0.948. The van der Waals surface area contributed by atoms with Crippen LogP contribution >= 0.6 is 7.82 Å². The van der Waals surface area contributed by atoms with E-state index in [1.165, 1.54) is 12.1 Å². The Morgan fingerprint density at radius 3 is 2.41 bits per heavy atom. The van der Waals surface area contributed by atoms with Crippen LogP contribution in [0.2, 0.25) is 0 Å². The minimum Gasteiger partial charge on any atom is -0.403 e. The van der Waals surface area contributed by atoms with Gasteiger partial charge in [0.2, 0.25) is 0 Å². The summed E-state index contributed by atoms with van der Waals surface area (Å²) in [4.78, 5) is 37.7. The molecular formula is C28H22NNaO6P+. The molecule has 7 nitrogen and oxygen atoms in total. The van der Waals surface area contributed by atoms with E-state index >= 15 is 0 Å². The average Bonchev–Trinajstić information content (AvgIpc) is 3.27. The first-order valence-electron chi connectivity index (χ1n) is 11.6. The second-order valence-corrected chi connectivity index (χ2v) is 10.4. The molecule has 2 heterocycles. The molecule has 0 bridgehead atoms. The Labute approximate surface area is 236 Å². The van der Waals surface area contributed by atoms with E-state index in [1.807, 2.05) is 41.8 Å². The van der Waals surface area contributed by atoms with Crippen LogP contribution < -0.4 is 34.1 Å². The van der Waals surface area contributed by atoms with E-state index in [0.717, 1.165) is 16.8 Å². The molecule has 3 aromatic carbocycles. The van der Waals surface area contributed by atoms with Gasteiger partial charge in [-0.3, -0.25) is 19.0 Å². The molecule has 2 atom stereocenters. The Balaban J connectivity index is 0.00000280. The van der Waals surface area contributed by atoms with Crippen LogP contribution in [0.4, 0.5) is 0 Å². The molecule has 0 saturated carbocycles. The number of aromatic nitrogens is 1. The van der Waals surface area contributed by atoms with Gasteiger partial charge in [-0.15, -0.1) is 0 Å². The second-order valence-electron chi connectivity index (χ2n) is 9.01. The quantitative estimate of drug-likeness (QED) is 0.282. The van der Waals surface area contributed by atoms with Crippen LogP contribution in [-0.4, -0.2) is 21.0 Å². The van der Waals surface area contributed by atoms with Crippen LogP contribution in [0.1, 0.15) is 67.1 Å². The molecule has 9 heteroatoms. The summed E-state index contributed by atoms with van der Waals surface area (Å²) in [7, 11) is -4.58. The molecule has 1 aromatic heterocycles. The Morgan fingerprint density at radius 2 is 1.62 bits per heavy atom. The SMILES string of the molecule is CC1c2ccccc2Cn2cc3c(c21)C(=O)c1cccc(OP(=O)(O)OCc2ccccc2)c1C3=O.[Na+]. The van der Waals surface area contributed by atoms with Crippen LogP contribution in [0.5, 0.6) is 5.75 Å². The summed E-state index contributed by atoms with van der Waals surface area (Å²) in [6.07, 6.45) is 1.71. The van der Waals surface area contributed by atoms with Gasteiger partial charge in [0.15, 0.2) is 11.6 Å². The molecule has 2 aliphatic rings. The van der Waals surface area contributed by atoms with Crippen LogP contribution in [0.3, 0.4) is 0 Å². The molecule has 2 unspecified atom stereocenters. The van der Waals surface area contributed by atoms with Crippen LogP contribution in [-0.2, 0) is 22.2 Å². The fraction of sp³-hybridized carbons (Fsp3) is 0.143. The number of fused-ring (bicyclic) bond motifs is 5. The molecule has 1 aliphatic carbocycles. The van der Waals surface area contributed by atoms with E-state index in [9.17, 15) is 19.0 Å². The van der Waals surface area contributed by atoms with Crippen molar-refractivity contribution in [3.63, 3.8) is 0 Å². The smallest absolute Gasteiger partial charge is 0.403 e. The fourth-order valence-electron chi connectivity index (χ4n) is 5.19. The van der Waals surface area contributed by atoms with E-state index in [0.29, 0.717) is 17.7 Å². The molecule has 0 saturated heterocycles. The van der Waals surface area contributed by atoms with Crippen molar-refractivity contribution in [3.05, 3.63) is 124 Å². The molecule has 1 N–H and O–H groups in total. The monoisotopic (exact) mass is 522 g/mol. The van der Waals surface area contributed by atoms with Crippen molar-refractivity contribution in [2.75, 3.05) is 0 Å². The summed E-state index contributed by atoms with van der Waals surface area (Å²) in [5.41, 5.74) is 4.55. The normalized spacial score (nSPS) is 17.0. The Bertz CT molecular complexity index is 1600. The molecule has 0 fully saturated rings. The van der Waals surface area contributed by atoms with Crippen molar-refractivity contribution in [3.8, 4) is 5.75 Å². The van der Waals surface area contributed by atoms with Gasteiger partial charge in [0.25, 0.3) is 0 Å². The number of benzene rings is 3. The maximum atomic E-state index is 13.7. The third kappa shape index (κ3) is 4.46. The minimum absolute atomic E-state index is 0. The van der Waals surface area contributed by atoms with Crippen molar-refractivity contribution in [1.82, 2.24) is 4.57 Å². The van der Waals surface area contributed by atoms with Crippen molar-refractivity contribution in [1.29, 1.82) is 0 Å². The predicted molar refractivity (Wildman–Crippen MR) is 132 cm³/mol. The van der Waals surface area contributed by atoms with Gasteiger partial charge in [-0.1, -0.05) is 73.7 Å². The van der Waals surface area contributed by atoms with E-state index in [4.69, 9.17) is 9.05 Å². The number of hydrogen-bond donors (Lipinski definition) is 1. The van der Waals surface area contributed by atoms with Gasteiger partial charge in [-0.05, 0) is 22.8 Å². The maximum Gasteiger partial charge on any atom is 1.00 e. The van der Waals surface area contributed by atoms with Crippen LogP contribution in [0, 0.1) is 0 Å². The largest absolute Gasteiger partial charge is 1.00 e. The number of carbonyl (C=O) groups excluding carboxylic acids is 2. The maximum absolute atomic E-state index is 13.7. The average molecular weight is 522 g/mol. The topological polar surface area (TPSA) is 94.8 Å². The third-order valence-corrected chi connectivity index (χ3v) is 7.70. The Kier molecular flexibility index (Phi) is 6.88. The minimum atomic E-state index is -4.58. The number of ketones is 2. The van der Waals surface area contributed by atoms with Crippen LogP contribution in [0.15, 0.2) is 79.0 Å². The summed E-state index contributed by atoms with van der Waals surface area (Å²) in [6, 6.07) is 21.4. The van der Waals surface area contributed by atoms with E-state index in [1.54, 1.807) is 36.5 Å². The van der Waals surface area contributed by atoms with Crippen molar-refractivity contribution >= 4 is 19.4 Å². The summed E-state index contributed by atoms with van der Waals surface area (Å²) in [6.45, 7) is 2.44. The molecule has 0 amide bonds. The van der Waals surface area contributed by atoms with Gasteiger partial charge < -0.3 is 9.09 Å². The zero-order valence-corrected chi connectivity index (χ0v) is 23.3. The molecule has 6 rings (SSSR count). The zero-order chi connectivity index (χ0) is 25.0. The first-order chi connectivity index (χ1) is 17.3. The molecule has 37 heavy (non-hydrogen) atoms. The van der Waals surface area contributed by atoms with Crippen molar-refractivity contribution in [2.24, 2.45) is 0 Å². The summed E-state index contributed by atoms with van der Waals surface area (Å²) in [5, 5.41) is 0. The molecule has 0 spiro atoms. The second kappa shape index (κ2) is 9.84. The molecular weight excluding hydrogens is 500 g/mol. The molecule has 0 radical (unpaired) electrons. The third-order valence-electron chi connectivity index (χ3n) is 6.81. The number of nitrogens with zero attached hydrogens (tertiary/aromatic N) is 1. The number of phosphoric ester groups is 1. The first kappa shape index (κ1) is 25.9. The van der Waals surface area contributed by atoms with E-state index in [2.05, 4.69) is 0 Å². The van der Waals surface area contributed by atoms with E-state index in [-0.39, 0.29) is 70.3 Å².